The number of rotatable bonds is 10. The smallest absolute Gasteiger partial charge is 0.150 e. The molecule has 0 N–H and O–H groups in total. The fraction of sp³-hybridized carbons (Fsp3) is 0.696. The maximum atomic E-state index is 14.9. The third kappa shape index (κ3) is 4.65. The molecule has 0 aliphatic rings. The lowest BCUT2D eigenvalue weighted by atomic mass is 9.76. The van der Waals surface area contributed by atoms with Crippen molar-refractivity contribution >= 4 is 21.6 Å². The van der Waals surface area contributed by atoms with Crippen LogP contribution in [0.3, 0.4) is 0 Å². The zero-order chi connectivity index (χ0) is 19.4. The van der Waals surface area contributed by atoms with Gasteiger partial charge in [0, 0.05) is 5.41 Å². The summed E-state index contributed by atoms with van der Waals surface area (Å²) in [6, 6.07) is 3.97. The van der Waals surface area contributed by atoms with Gasteiger partial charge in [-0.25, -0.2) is 9.37 Å². The fourth-order valence-electron chi connectivity index (χ4n) is 3.83. The summed E-state index contributed by atoms with van der Waals surface area (Å²) in [5.74, 6) is -0.152. The molecule has 1 heterocycles. The van der Waals surface area contributed by atoms with Crippen molar-refractivity contribution in [1.29, 1.82) is 0 Å². The van der Waals surface area contributed by atoms with Crippen molar-refractivity contribution in [2.45, 2.75) is 104 Å². The lowest BCUT2D eigenvalue weighted by Gasteiger charge is -2.29. The van der Waals surface area contributed by atoms with Crippen molar-refractivity contribution in [2.24, 2.45) is 0 Å². The summed E-state index contributed by atoms with van der Waals surface area (Å²) < 4.78 is 15.9. The van der Waals surface area contributed by atoms with Gasteiger partial charge in [-0.15, -0.1) is 11.3 Å². The summed E-state index contributed by atoms with van der Waals surface area (Å²) in [5.41, 5.74) is 1.76. The predicted octanol–water partition coefficient (Wildman–Crippen LogP) is 8.15. The molecule has 1 aromatic heterocycles. The van der Waals surface area contributed by atoms with Gasteiger partial charge in [-0.3, -0.25) is 0 Å². The molecule has 1 unspecified atom stereocenters. The maximum Gasteiger partial charge on any atom is 0.150 e. The van der Waals surface area contributed by atoms with Crippen LogP contribution in [0.1, 0.15) is 103 Å². The topological polar surface area (TPSA) is 12.9 Å². The van der Waals surface area contributed by atoms with E-state index in [-0.39, 0.29) is 16.6 Å². The number of halogens is 1. The monoisotopic (exact) mass is 377 g/mol. The number of hydrogen-bond donors (Lipinski definition) is 0. The van der Waals surface area contributed by atoms with Gasteiger partial charge < -0.3 is 0 Å². The van der Waals surface area contributed by atoms with E-state index >= 15 is 0 Å². The maximum absolute atomic E-state index is 14.9. The normalized spacial score (nSPS) is 14.7. The Balaban J connectivity index is 2.36. The van der Waals surface area contributed by atoms with Crippen LogP contribution in [-0.2, 0) is 10.8 Å². The van der Waals surface area contributed by atoms with Gasteiger partial charge in [0.15, 0.2) is 5.82 Å². The van der Waals surface area contributed by atoms with Crippen molar-refractivity contribution in [2.75, 3.05) is 0 Å². The van der Waals surface area contributed by atoms with E-state index in [1.807, 2.05) is 0 Å². The number of thiazole rings is 1. The Kier molecular flexibility index (Phi) is 7.24. The summed E-state index contributed by atoms with van der Waals surface area (Å²) in [5, 5.41) is 1.06. The Bertz CT molecular complexity index is 718. The predicted molar refractivity (Wildman–Crippen MR) is 114 cm³/mol. The molecular formula is C23H36FNS. The number of nitrogens with zero attached hydrogens (tertiary/aromatic N) is 1. The van der Waals surface area contributed by atoms with Gasteiger partial charge in [0.25, 0.3) is 0 Å². The Hall–Kier alpha value is -0.960. The highest BCUT2D eigenvalue weighted by molar-refractivity contribution is 7.18. The quantitative estimate of drug-likeness (QED) is 0.381. The lowest BCUT2D eigenvalue weighted by molar-refractivity contribution is 0.394. The van der Waals surface area contributed by atoms with Gasteiger partial charge in [-0.2, -0.15) is 0 Å². The number of hydrogen-bond acceptors (Lipinski definition) is 2. The second kappa shape index (κ2) is 8.82. The molecule has 0 radical (unpaired) electrons. The van der Waals surface area contributed by atoms with Crippen molar-refractivity contribution in [3.8, 4) is 0 Å². The highest BCUT2D eigenvalue weighted by atomic mass is 32.1. The molecule has 0 saturated heterocycles. The molecule has 1 aromatic carbocycles. The molecule has 0 aliphatic heterocycles. The van der Waals surface area contributed by atoms with Crippen molar-refractivity contribution in [1.82, 2.24) is 4.98 Å². The van der Waals surface area contributed by atoms with Gasteiger partial charge in [0.05, 0.1) is 9.71 Å². The largest absolute Gasteiger partial charge is 0.238 e. The molecule has 3 heteroatoms. The Morgan fingerprint density at radius 3 is 2.31 bits per heavy atom. The summed E-state index contributed by atoms with van der Waals surface area (Å²) in [6.07, 6.45) is 9.38. The third-order valence-electron chi connectivity index (χ3n) is 5.96. The fourth-order valence-corrected chi connectivity index (χ4v) is 4.98. The molecule has 146 valence electrons. The Morgan fingerprint density at radius 1 is 0.962 bits per heavy atom. The average molecular weight is 378 g/mol. The van der Waals surface area contributed by atoms with E-state index in [0.29, 0.717) is 5.52 Å². The van der Waals surface area contributed by atoms with E-state index in [9.17, 15) is 4.39 Å². The Labute approximate surface area is 163 Å². The molecule has 0 aliphatic carbocycles. The van der Waals surface area contributed by atoms with Crippen molar-refractivity contribution in [3.63, 3.8) is 0 Å². The molecule has 0 spiro atoms. The van der Waals surface area contributed by atoms with Gasteiger partial charge in [-0.1, -0.05) is 73.6 Å². The second-order valence-electron chi connectivity index (χ2n) is 8.68. The van der Waals surface area contributed by atoms with Gasteiger partial charge in [0.2, 0.25) is 0 Å². The zero-order valence-corrected chi connectivity index (χ0v) is 18.4. The highest BCUT2D eigenvalue weighted by Crippen LogP contribution is 2.40. The summed E-state index contributed by atoms with van der Waals surface area (Å²) in [4.78, 5) is 4.68. The summed E-state index contributed by atoms with van der Waals surface area (Å²) in [6.45, 7) is 13.4. The van der Waals surface area contributed by atoms with Crippen LogP contribution in [0.25, 0.3) is 10.2 Å². The van der Waals surface area contributed by atoms with Crippen LogP contribution < -0.4 is 0 Å². The SMILES string of the molecule is CCCCCCC(C)(CC)c1cc(F)c2nc(C(C)(C)CCC)sc2c1. The second-order valence-corrected chi connectivity index (χ2v) is 9.71. The standard InChI is InChI=1S/C23H36FNS/c1-7-10-11-12-14-23(6,9-3)17-15-18(24)20-19(16-17)26-21(25-20)22(4,5)13-8-2/h15-16H,7-14H2,1-6H3. The molecule has 0 amide bonds. The van der Waals surface area contributed by atoms with E-state index in [2.05, 4.69) is 52.6 Å². The van der Waals surface area contributed by atoms with Gasteiger partial charge >= 0.3 is 0 Å². The van der Waals surface area contributed by atoms with Crippen LogP contribution >= 0.6 is 11.3 Å². The summed E-state index contributed by atoms with van der Waals surface area (Å²) in [7, 11) is 0. The first-order chi connectivity index (χ1) is 12.3. The summed E-state index contributed by atoms with van der Waals surface area (Å²) >= 11 is 1.68. The van der Waals surface area contributed by atoms with E-state index < -0.39 is 0 Å². The van der Waals surface area contributed by atoms with Crippen molar-refractivity contribution < 1.29 is 4.39 Å². The molecule has 0 fully saturated rings. The first-order valence-electron chi connectivity index (χ1n) is 10.4. The first kappa shape index (κ1) is 21.3. The number of benzene rings is 1. The molecule has 2 aromatic rings. The lowest BCUT2D eigenvalue weighted by Crippen LogP contribution is -2.21. The van der Waals surface area contributed by atoms with Gasteiger partial charge in [-0.05, 0) is 42.4 Å². The minimum Gasteiger partial charge on any atom is -0.238 e. The molecule has 2 rings (SSSR count). The highest BCUT2D eigenvalue weighted by Gasteiger charge is 2.28. The average Bonchev–Trinajstić information content (AvgIpc) is 3.04. The van der Waals surface area contributed by atoms with E-state index in [4.69, 9.17) is 0 Å². The van der Waals surface area contributed by atoms with Crippen LogP contribution in [0.5, 0.6) is 0 Å². The number of aromatic nitrogens is 1. The molecule has 1 nitrogen and oxygen atoms in total. The minimum absolute atomic E-state index is 0.0131. The van der Waals surface area contributed by atoms with Crippen LogP contribution in [-0.4, -0.2) is 4.98 Å². The number of unbranched alkanes of at least 4 members (excludes halogenated alkanes) is 3. The van der Waals surface area contributed by atoms with Gasteiger partial charge in [0.1, 0.15) is 5.52 Å². The minimum atomic E-state index is -0.152. The molecular weight excluding hydrogens is 341 g/mol. The molecule has 1 atom stereocenters. The van der Waals surface area contributed by atoms with E-state index in [0.717, 1.165) is 41.0 Å². The first-order valence-corrected chi connectivity index (χ1v) is 11.2. The molecule has 0 saturated carbocycles. The van der Waals surface area contributed by atoms with Crippen molar-refractivity contribution in [3.05, 3.63) is 28.5 Å². The number of fused-ring (bicyclic) bond motifs is 1. The Morgan fingerprint density at radius 2 is 1.69 bits per heavy atom. The van der Waals surface area contributed by atoms with E-state index in [1.54, 1.807) is 17.4 Å². The van der Waals surface area contributed by atoms with E-state index in [1.165, 1.54) is 25.7 Å². The van der Waals surface area contributed by atoms with Crippen LogP contribution in [0.2, 0.25) is 0 Å². The zero-order valence-electron chi connectivity index (χ0n) is 17.5. The van der Waals surface area contributed by atoms with Crippen LogP contribution in [0.4, 0.5) is 4.39 Å². The third-order valence-corrected chi connectivity index (χ3v) is 7.33. The van der Waals surface area contributed by atoms with Crippen LogP contribution in [0.15, 0.2) is 12.1 Å². The molecule has 26 heavy (non-hydrogen) atoms. The van der Waals surface area contributed by atoms with Crippen LogP contribution in [0, 0.1) is 5.82 Å². The molecule has 0 bridgehead atoms.